The van der Waals surface area contributed by atoms with Crippen LogP contribution in [-0.4, -0.2) is 55.5 Å². The Balaban J connectivity index is 1.21. The molecule has 1 amide bonds. The van der Waals surface area contributed by atoms with Gasteiger partial charge in [-0.25, -0.2) is 12.7 Å². The molecular formula is C28H39N3O3S. The lowest BCUT2D eigenvalue weighted by Crippen LogP contribution is -2.43. The summed E-state index contributed by atoms with van der Waals surface area (Å²) in [5.74, 6) is 0.0750. The Kier molecular flexibility index (Phi) is 9.35. The lowest BCUT2D eigenvalue weighted by atomic mass is 9.97. The van der Waals surface area contributed by atoms with Gasteiger partial charge in [-0.3, -0.25) is 9.69 Å². The van der Waals surface area contributed by atoms with E-state index in [1.165, 1.54) is 30.4 Å². The number of piperidine rings is 2. The highest BCUT2D eigenvalue weighted by molar-refractivity contribution is 7.89. The van der Waals surface area contributed by atoms with Crippen LogP contribution in [0, 0.1) is 5.92 Å². The van der Waals surface area contributed by atoms with Crippen LogP contribution in [0.5, 0.6) is 0 Å². The monoisotopic (exact) mass is 497 g/mol. The Bertz CT molecular complexity index is 1040. The molecule has 0 saturated carbocycles. The van der Waals surface area contributed by atoms with Crippen molar-refractivity contribution in [1.82, 2.24) is 14.5 Å². The quantitative estimate of drug-likeness (QED) is 0.539. The number of carbonyl (C=O) groups is 1. The van der Waals surface area contributed by atoms with Crippen molar-refractivity contribution in [3.05, 3.63) is 71.3 Å². The number of nitrogens with zero attached hydrogens (tertiary/aromatic N) is 2. The van der Waals surface area contributed by atoms with E-state index in [1.54, 1.807) is 4.31 Å². The Labute approximate surface area is 210 Å². The van der Waals surface area contributed by atoms with Gasteiger partial charge in [0, 0.05) is 32.1 Å². The number of aryl methyl sites for hydroxylation is 1. The van der Waals surface area contributed by atoms with Crippen LogP contribution in [0.3, 0.4) is 0 Å². The summed E-state index contributed by atoms with van der Waals surface area (Å²) in [6.07, 6.45) is 6.39. The zero-order valence-electron chi connectivity index (χ0n) is 20.7. The summed E-state index contributed by atoms with van der Waals surface area (Å²) in [5, 5.41) is 3.13. The second-order valence-electron chi connectivity index (χ2n) is 9.90. The van der Waals surface area contributed by atoms with Gasteiger partial charge < -0.3 is 5.32 Å². The molecular weight excluding hydrogens is 458 g/mol. The van der Waals surface area contributed by atoms with Crippen molar-refractivity contribution < 1.29 is 13.2 Å². The number of amides is 1. The Morgan fingerprint density at radius 3 is 2.23 bits per heavy atom. The van der Waals surface area contributed by atoms with Gasteiger partial charge in [-0.15, -0.1) is 0 Å². The van der Waals surface area contributed by atoms with Crippen LogP contribution in [0.1, 0.15) is 55.2 Å². The first kappa shape index (κ1) is 25.9. The van der Waals surface area contributed by atoms with E-state index in [0.29, 0.717) is 38.9 Å². The average molecular weight is 498 g/mol. The van der Waals surface area contributed by atoms with Gasteiger partial charge in [0.05, 0.1) is 5.75 Å². The Morgan fingerprint density at radius 1 is 0.857 bits per heavy atom. The topological polar surface area (TPSA) is 69.7 Å². The zero-order valence-corrected chi connectivity index (χ0v) is 21.5. The summed E-state index contributed by atoms with van der Waals surface area (Å²) in [4.78, 5) is 15.4. The smallest absolute Gasteiger partial charge is 0.223 e. The van der Waals surface area contributed by atoms with Crippen molar-refractivity contribution in [3.63, 3.8) is 0 Å². The molecule has 0 unspecified atom stereocenters. The lowest BCUT2D eigenvalue weighted by Gasteiger charge is -2.30. The molecule has 0 aromatic heterocycles. The molecule has 2 aromatic rings. The minimum atomic E-state index is -3.28. The van der Waals surface area contributed by atoms with E-state index >= 15 is 0 Å². The number of carbonyl (C=O) groups excluding carboxylic acids is 1. The zero-order chi connectivity index (χ0) is 24.5. The minimum absolute atomic E-state index is 0.0406. The van der Waals surface area contributed by atoms with Crippen molar-refractivity contribution in [2.24, 2.45) is 5.92 Å². The number of benzene rings is 2. The summed E-state index contributed by atoms with van der Waals surface area (Å²) in [5.41, 5.74) is 3.62. The summed E-state index contributed by atoms with van der Waals surface area (Å²) >= 11 is 0. The van der Waals surface area contributed by atoms with Gasteiger partial charge in [-0.1, -0.05) is 61.0 Å². The molecule has 2 heterocycles. The predicted octanol–water partition coefficient (Wildman–Crippen LogP) is 3.96. The third-order valence-corrected chi connectivity index (χ3v) is 9.30. The average Bonchev–Trinajstić information content (AvgIpc) is 2.89. The van der Waals surface area contributed by atoms with Gasteiger partial charge in [-0.05, 0) is 68.3 Å². The molecule has 2 fully saturated rings. The van der Waals surface area contributed by atoms with Gasteiger partial charge in [0.25, 0.3) is 0 Å². The summed E-state index contributed by atoms with van der Waals surface area (Å²) in [7, 11) is -3.28. The van der Waals surface area contributed by atoms with Gasteiger partial charge >= 0.3 is 0 Å². The third-order valence-electron chi connectivity index (χ3n) is 7.34. The SMILES string of the molecule is O=C(NCc1ccccc1CN1CCCCC1)C1CCN(S(=O)(=O)CCCc2ccccc2)CC1. The number of likely N-dealkylation sites (tertiary alicyclic amines) is 1. The molecule has 7 heteroatoms. The molecule has 1 N–H and O–H groups in total. The molecule has 0 spiro atoms. The molecule has 35 heavy (non-hydrogen) atoms. The highest BCUT2D eigenvalue weighted by Crippen LogP contribution is 2.22. The highest BCUT2D eigenvalue weighted by atomic mass is 32.2. The van der Waals surface area contributed by atoms with E-state index in [1.807, 2.05) is 36.4 Å². The van der Waals surface area contributed by atoms with Crippen LogP contribution in [0.2, 0.25) is 0 Å². The normalized spacial score (nSPS) is 18.4. The molecule has 2 aromatic carbocycles. The minimum Gasteiger partial charge on any atom is -0.352 e. The van der Waals surface area contributed by atoms with E-state index in [2.05, 4.69) is 28.4 Å². The fourth-order valence-corrected chi connectivity index (χ4v) is 6.73. The summed E-state index contributed by atoms with van der Waals surface area (Å²) in [6, 6.07) is 18.4. The van der Waals surface area contributed by atoms with E-state index in [-0.39, 0.29) is 17.6 Å². The van der Waals surface area contributed by atoms with E-state index in [4.69, 9.17) is 0 Å². The number of sulfonamides is 1. The fraction of sp³-hybridized carbons (Fsp3) is 0.536. The second-order valence-corrected chi connectivity index (χ2v) is 12.0. The van der Waals surface area contributed by atoms with Crippen molar-refractivity contribution in [3.8, 4) is 0 Å². The van der Waals surface area contributed by atoms with E-state index < -0.39 is 10.0 Å². The second kappa shape index (κ2) is 12.7. The van der Waals surface area contributed by atoms with E-state index in [0.717, 1.165) is 31.6 Å². The van der Waals surface area contributed by atoms with Gasteiger partial charge in [-0.2, -0.15) is 0 Å². The Hall–Kier alpha value is -2.22. The van der Waals surface area contributed by atoms with Crippen LogP contribution in [0.15, 0.2) is 54.6 Å². The molecule has 0 aliphatic carbocycles. The van der Waals surface area contributed by atoms with Crippen molar-refractivity contribution >= 4 is 15.9 Å². The maximum atomic E-state index is 12.9. The molecule has 2 saturated heterocycles. The first-order valence-corrected chi connectivity index (χ1v) is 14.7. The van der Waals surface area contributed by atoms with Gasteiger partial charge in [0.15, 0.2) is 0 Å². The third kappa shape index (κ3) is 7.63. The summed E-state index contributed by atoms with van der Waals surface area (Å²) in [6.45, 7) is 4.62. The van der Waals surface area contributed by atoms with Crippen LogP contribution < -0.4 is 5.32 Å². The first-order chi connectivity index (χ1) is 17.0. The van der Waals surface area contributed by atoms with E-state index in [9.17, 15) is 13.2 Å². The number of hydrogen-bond donors (Lipinski definition) is 1. The maximum Gasteiger partial charge on any atom is 0.223 e. The standard InChI is InChI=1S/C28H39N3O3S/c32-28(29-22-26-13-5-6-14-27(26)23-30-17-7-2-8-18-30)25-15-19-31(20-16-25)35(33,34)21-9-12-24-10-3-1-4-11-24/h1,3-6,10-11,13-14,25H,2,7-9,12,15-23H2,(H,29,32). The van der Waals surface area contributed by atoms with Crippen LogP contribution in [0.4, 0.5) is 0 Å². The predicted molar refractivity (Wildman–Crippen MR) is 140 cm³/mol. The van der Waals surface area contributed by atoms with Crippen molar-refractivity contribution in [1.29, 1.82) is 0 Å². The molecule has 2 aliphatic rings. The molecule has 0 bridgehead atoms. The fourth-order valence-electron chi connectivity index (χ4n) is 5.20. The number of rotatable bonds is 10. The Morgan fingerprint density at radius 2 is 1.51 bits per heavy atom. The van der Waals surface area contributed by atoms with Gasteiger partial charge in [0.2, 0.25) is 15.9 Å². The largest absolute Gasteiger partial charge is 0.352 e. The van der Waals surface area contributed by atoms with Crippen molar-refractivity contribution in [2.45, 2.75) is 58.0 Å². The molecule has 0 atom stereocenters. The summed E-state index contributed by atoms with van der Waals surface area (Å²) < 4.78 is 27.1. The van der Waals surface area contributed by atoms with Gasteiger partial charge in [0.1, 0.15) is 0 Å². The number of nitrogens with one attached hydrogen (secondary N) is 1. The van der Waals surface area contributed by atoms with Crippen molar-refractivity contribution in [2.75, 3.05) is 31.9 Å². The first-order valence-electron chi connectivity index (χ1n) is 13.1. The number of hydrogen-bond acceptors (Lipinski definition) is 4. The van der Waals surface area contributed by atoms with Crippen LogP contribution in [0.25, 0.3) is 0 Å². The van der Waals surface area contributed by atoms with Crippen LogP contribution in [-0.2, 0) is 34.3 Å². The van der Waals surface area contributed by atoms with Crippen LogP contribution >= 0.6 is 0 Å². The molecule has 0 radical (unpaired) electrons. The molecule has 2 aliphatic heterocycles. The molecule has 4 rings (SSSR count). The lowest BCUT2D eigenvalue weighted by molar-refractivity contribution is -0.126. The molecule has 6 nitrogen and oxygen atoms in total. The highest BCUT2D eigenvalue weighted by Gasteiger charge is 2.30. The maximum absolute atomic E-state index is 12.9. The molecule has 190 valence electrons.